The molecule has 4 rings (SSSR count). The van der Waals surface area contributed by atoms with Gasteiger partial charge in [0.2, 0.25) is 5.89 Å². The third-order valence-corrected chi connectivity index (χ3v) is 6.80. The minimum atomic E-state index is -0.740. The van der Waals surface area contributed by atoms with Crippen LogP contribution in [0.1, 0.15) is 60.8 Å². The zero-order chi connectivity index (χ0) is 24.2. The van der Waals surface area contributed by atoms with E-state index in [9.17, 15) is 4.79 Å². The van der Waals surface area contributed by atoms with E-state index in [0.29, 0.717) is 18.9 Å². The molecule has 1 aromatic heterocycles. The highest BCUT2D eigenvalue weighted by molar-refractivity contribution is 5.68. The fourth-order valence-electron chi connectivity index (χ4n) is 4.89. The molecule has 6 heteroatoms. The largest absolute Gasteiger partial charge is 0.493 e. The Balaban J connectivity index is 1.41. The number of nitrogens with zero attached hydrogens (tertiary/aromatic N) is 2. The van der Waals surface area contributed by atoms with Gasteiger partial charge in [-0.25, -0.2) is 4.98 Å². The highest BCUT2D eigenvalue weighted by atomic mass is 16.5. The lowest BCUT2D eigenvalue weighted by Crippen LogP contribution is -2.22. The topological polar surface area (TPSA) is 75.8 Å². The predicted molar refractivity (Wildman–Crippen MR) is 134 cm³/mol. The number of anilines is 1. The number of fused-ring (bicyclic) bond motifs is 1. The molecule has 0 unspecified atom stereocenters. The lowest BCUT2D eigenvalue weighted by atomic mass is 9.98. The summed E-state index contributed by atoms with van der Waals surface area (Å²) in [6.45, 7) is 10.8. The maximum absolute atomic E-state index is 11.1. The second-order valence-electron chi connectivity index (χ2n) is 8.99. The summed E-state index contributed by atoms with van der Waals surface area (Å²) in [5.41, 5.74) is 6.69. The van der Waals surface area contributed by atoms with Gasteiger partial charge in [0.1, 0.15) is 11.5 Å². The minimum Gasteiger partial charge on any atom is -0.493 e. The molecule has 0 amide bonds. The van der Waals surface area contributed by atoms with Crippen LogP contribution in [-0.4, -0.2) is 35.8 Å². The average molecular weight is 463 g/mol. The molecule has 34 heavy (non-hydrogen) atoms. The Hall–Kier alpha value is -3.28. The zero-order valence-corrected chi connectivity index (χ0v) is 20.6. The van der Waals surface area contributed by atoms with Crippen molar-refractivity contribution in [3.63, 3.8) is 0 Å². The van der Waals surface area contributed by atoms with Crippen LogP contribution < -0.4 is 9.64 Å². The predicted octanol–water partition coefficient (Wildman–Crippen LogP) is 5.93. The van der Waals surface area contributed by atoms with Gasteiger partial charge in [-0.3, -0.25) is 4.79 Å². The van der Waals surface area contributed by atoms with Gasteiger partial charge in [-0.1, -0.05) is 12.1 Å². The first-order valence-corrected chi connectivity index (χ1v) is 12.2. The van der Waals surface area contributed by atoms with Gasteiger partial charge in [0.25, 0.3) is 0 Å². The lowest BCUT2D eigenvalue weighted by molar-refractivity contribution is -0.137. The third kappa shape index (κ3) is 5.11. The van der Waals surface area contributed by atoms with Crippen molar-refractivity contribution in [1.82, 2.24) is 4.98 Å². The van der Waals surface area contributed by atoms with Crippen molar-refractivity contribution in [2.45, 2.75) is 59.3 Å². The first-order chi connectivity index (χ1) is 16.4. The quantitative estimate of drug-likeness (QED) is 0.402. The molecule has 0 spiro atoms. The van der Waals surface area contributed by atoms with Gasteiger partial charge in [0, 0.05) is 30.8 Å². The molecule has 6 nitrogen and oxygen atoms in total. The summed E-state index contributed by atoms with van der Waals surface area (Å²) in [6, 6.07) is 12.4. The number of oxazole rings is 1. The summed E-state index contributed by atoms with van der Waals surface area (Å²) in [7, 11) is 0. The number of benzene rings is 2. The summed E-state index contributed by atoms with van der Waals surface area (Å²) in [4.78, 5) is 18.2. The first-order valence-electron chi connectivity index (χ1n) is 12.2. The molecule has 2 aromatic carbocycles. The highest BCUT2D eigenvalue weighted by Crippen LogP contribution is 2.37. The van der Waals surface area contributed by atoms with Crippen LogP contribution in [0.4, 0.5) is 5.69 Å². The Morgan fingerprint density at radius 1 is 1.18 bits per heavy atom. The van der Waals surface area contributed by atoms with Gasteiger partial charge in [0.05, 0.1) is 18.7 Å². The van der Waals surface area contributed by atoms with Gasteiger partial charge in [-0.15, -0.1) is 0 Å². The van der Waals surface area contributed by atoms with Crippen LogP contribution in [-0.2, 0) is 17.6 Å². The van der Waals surface area contributed by atoms with E-state index in [1.807, 2.05) is 19.1 Å². The van der Waals surface area contributed by atoms with Gasteiger partial charge in [0.15, 0.2) is 0 Å². The van der Waals surface area contributed by atoms with Crippen LogP contribution in [0.5, 0.6) is 5.75 Å². The van der Waals surface area contributed by atoms with Crippen LogP contribution in [0.15, 0.2) is 40.8 Å². The van der Waals surface area contributed by atoms with Crippen molar-refractivity contribution in [2.24, 2.45) is 0 Å². The van der Waals surface area contributed by atoms with E-state index in [1.54, 1.807) is 0 Å². The molecule has 0 aliphatic heterocycles. The number of aromatic nitrogens is 1. The molecule has 3 aromatic rings. The van der Waals surface area contributed by atoms with Crippen LogP contribution in [0.25, 0.3) is 11.5 Å². The Morgan fingerprint density at radius 2 is 1.97 bits per heavy atom. The molecule has 1 aliphatic rings. The molecular weight excluding hydrogens is 428 g/mol. The number of hydrogen-bond donors (Lipinski definition) is 1. The van der Waals surface area contributed by atoms with Crippen LogP contribution in [0, 0.1) is 13.8 Å². The molecule has 0 radical (unpaired) electrons. The number of aliphatic carboxylic acids is 1. The number of hydrogen-bond acceptors (Lipinski definition) is 5. The third-order valence-electron chi connectivity index (χ3n) is 6.80. The fraction of sp³-hybridized carbons (Fsp3) is 0.429. The SMILES string of the molecule is CCN(CC)c1cc(-c2nc(CCOc3ccc4c(c3)CC[C@H]4CC(=O)O)c(C)o2)ccc1C. The smallest absolute Gasteiger partial charge is 0.303 e. The Labute approximate surface area is 201 Å². The van der Waals surface area contributed by atoms with Crippen LogP contribution in [0.3, 0.4) is 0 Å². The minimum absolute atomic E-state index is 0.113. The molecule has 1 aliphatic carbocycles. The van der Waals surface area contributed by atoms with Gasteiger partial charge < -0.3 is 19.2 Å². The fourth-order valence-corrected chi connectivity index (χ4v) is 4.89. The first kappa shape index (κ1) is 23.9. The van der Waals surface area contributed by atoms with E-state index in [-0.39, 0.29) is 12.3 Å². The van der Waals surface area contributed by atoms with Crippen molar-refractivity contribution >= 4 is 11.7 Å². The lowest BCUT2D eigenvalue weighted by Gasteiger charge is -2.23. The summed E-state index contributed by atoms with van der Waals surface area (Å²) in [6.07, 6.45) is 2.64. The number of carboxylic acids is 1. The van der Waals surface area contributed by atoms with Crippen LogP contribution >= 0.6 is 0 Å². The Kier molecular flexibility index (Phi) is 7.25. The second-order valence-corrected chi connectivity index (χ2v) is 8.99. The van der Waals surface area contributed by atoms with Crippen molar-refractivity contribution in [1.29, 1.82) is 0 Å². The van der Waals surface area contributed by atoms with Crippen LogP contribution in [0.2, 0.25) is 0 Å². The van der Waals surface area contributed by atoms with Gasteiger partial charge >= 0.3 is 5.97 Å². The monoisotopic (exact) mass is 462 g/mol. The number of carbonyl (C=O) groups is 1. The van der Waals surface area contributed by atoms with Gasteiger partial charge in [-0.2, -0.15) is 0 Å². The number of rotatable bonds is 10. The van der Waals surface area contributed by atoms with E-state index >= 15 is 0 Å². The maximum Gasteiger partial charge on any atom is 0.303 e. The molecule has 1 atom stereocenters. The Bertz CT molecular complexity index is 1160. The number of carboxylic acid groups (broad SMARTS) is 1. The summed E-state index contributed by atoms with van der Waals surface area (Å²) in [5.74, 6) is 1.65. The molecule has 180 valence electrons. The van der Waals surface area contributed by atoms with E-state index < -0.39 is 5.97 Å². The van der Waals surface area contributed by atoms with E-state index in [0.717, 1.165) is 54.3 Å². The molecule has 0 saturated heterocycles. The molecular formula is C28H34N2O4. The van der Waals surface area contributed by atoms with Crippen molar-refractivity contribution < 1.29 is 19.1 Å². The maximum atomic E-state index is 11.1. The average Bonchev–Trinajstić information content (AvgIpc) is 3.38. The van der Waals surface area contributed by atoms with Gasteiger partial charge in [-0.05, 0) is 87.4 Å². The van der Waals surface area contributed by atoms with Crippen molar-refractivity contribution in [2.75, 3.05) is 24.6 Å². The van der Waals surface area contributed by atoms with Crippen molar-refractivity contribution in [3.05, 3.63) is 64.5 Å². The zero-order valence-electron chi connectivity index (χ0n) is 20.6. The summed E-state index contributed by atoms with van der Waals surface area (Å²) < 4.78 is 12.0. The van der Waals surface area contributed by atoms with Crippen molar-refractivity contribution in [3.8, 4) is 17.2 Å². The molecule has 0 bridgehead atoms. The molecule has 1 N–H and O–H groups in total. The number of ether oxygens (including phenoxy) is 1. The second kappa shape index (κ2) is 10.3. The van der Waals surface area contributed by atoms with E-state index in [1.165, 1.54) is 16.8 Å². The van der Waals surface area contributed by atoms with E-state index in [2.05, 4.69) is 49.9 Å². The Morgan fingerprint density at radius 3 is 2.71 bits per heavy atom. The molecule has 1 heterocycles. The normalized spacial score (nSPS) is 14.8. The summed E-state index contributed by atoms with van der Waals surface area (Å²) >= 11 is 0. The molecule has 0 fully saturated rings. The highest BCUT2D eigenvalue weighted by Gasteiger charge is 2.25. The van der Waals surface area contributed by atoms with E-state index in [4.69, 9.17) is 19.2 Å². The molecule has 0 saturated carbocycles. The summed E-state index contributed by atoms with van der Waals surface area (Å²) in [5, 5.41) is 9.11. The standard InChI is InChI=1S/C28H34N2O4/c1-5-30(6-2)26-16-22(8-7-18(26)3)28-29-25(19(4)34-28)13-14-33-23-11-12-24-20(15-23)9-10-21(24)17-27(31)32/h7-8,11-12,15-16,21H,5-6,9-10,13-14,17H2,1-4H3,(H,31,32)/t21-/m0/s1. The number of aryl methyl sites for hydroxylation is 3.